The monoisotopic (exact) mass is 484 g/mol. The third-order valence-corrected chi connectivity index (χ3v) is 6.87. The van der Waals surface area contributed by atoms with Crippen molar-refractivity contribution in [3.8, 4) is 39.5 Å². The predicted molar refractivity (Wildman–Crippen MR) is 140 cm³/mol. The van der Waals surface area contributed by atoms with E-state index in [-0.39, 0.29) is 0 Å². The largest absolute Gasteiger partial charge is 0.476 e. The van der Waals surface area contributed by atoms with Crippen molar-refractivity contribution in [2.45, 2.75) is 32.5 Å². The maximum atomic E-state index is 9.80. The molecule has 1 fully saturated rings. The summed E-state index contributed by atoms with van der Waals surface area (Å²) >= 11 is 0. The molecule has 1 aliphatic rings. The van der Waals surface area contributed by atoms with E-state index in [1.165, 1.54) is 0 Å². The topological polar surface area (TPSA) is 97.6 Å². The molecule has 7 heteroatoms. The van der Waals surface area contributed by atoms with E-state index in [4.69, 9.17) is 24.9 Å². The van der Waals surface area contributed by atoms with Crippen LogP contribution in [0.5, 0.6) is 5.88 Å². The molecule has 1 saturated heterocycles. The first-order valence-electron chi connectivity index (χ1n) is 12.4. The van der Waals surface area contributed by atoms with Gasteiger partial charge < -0.3 is 20.0 Å². The van der Waals surface area contributed by atoms with E-state index in [1.807, 2.05) is 37.3 Å². The van der Waals surface area contributed by atoms with Gasteiger partial charge >= 0.3 is 0 Å². The third-order valence-electron chi connectivity index (χ3n) is 6.87. The fraction of sp³-hybridized carbons (Fsp3) is 0.310. The van der Waals surface area contributed by atoms with Crippen molar-refractivity contribution in [1.82, 2.24) is 14.9 Å². The SMILES string of the molecule is CC(O)N1CCC(COc2cnc(-c3ccc(CN)cc3)c(-c3ccc(-c4ccoc4)cc3)n2)CC1. The Morgan fingerprint density at radius 3 is 2.28 bits per heavy atom. The molecule has 0 saturated carbocycles. The van der Waals surface area contributed by atoms with Crippen LogP contribution in [0.15, 0.2) is 77.7 Å². The van der Waals surface area contributed by atoms with Gasteiger partial charge in [-0.15, -0.1) is 0 Å². The molecule has 3 heterocycles. The average Bonchev–Trinajstić information content (AvgIpc) is 3.47. The summed E-state index contributed by atoms with van der Waals surface area (Å²) in [6, 6.07) is 18.3. The van der Waals surface area contributed by atoms with Gasteiger partial charge in [-0.05, 0) is 42.9 Å². The molecule has 4 aromatic rings. The number of rotatable bonds is 8. The Morgan fingerprint density at radius 2 is 1.64 bits per heavy atom. The highest BCUT2D eigenvalue weighted by Crippen LogP contribution is 2.32. The Morgan fingerprint density at radius 1 is 0.972 bits per heavy atom. The molecule has 2 aromatic heterocycles. The summed E-state index contributed by atoms with van der Waals surface area (Å²) in [6.45, 7) is 4.66. The lowest BCUT2D eigenvalue weighted by Crippen LogP contribution is -2.40. The molecule has 0 radical (unpaired) electrons. The Balaban J connectivity index is 1.40. The number of piperidine rings is 1. The van der Waals surface area contributed by atoms with Crippen LogP contribution in [-0.4, -0.2) is 45.9 Å². The number of hydrogen-bond acceptors (Lipinski definition) is 7. The van der Waals surface area contributed by atoms with E-state index in [0.717, 1.165) is 65.1 Å². The first-order chi connectivity index (χ1) is 17.6. The van der Waals surface area contributed by atoms with Crippen LogP contribution in [0.4, 0.5) is 0 Å². The molecule has 0 bridgehead atoms. The van der Waals surface area contributed by atoms with Crippen LogP contribution in [0.25, 0.3) is 33.6 Å². The molecule has 0 spiro atoms. The lowest BCUT2D eigenvalue weighted by Gasteiger charge is -2.33. The third kappa shape index (κ3) is 5.49. The Kier molecular flexibility index (Phi) is 7.41. The number of nitrogens with zero attached hydrogens (tertiary/aromatic N) is 3. The van der Waals surface area contributed by atoms with Crippen LogP contribution in [-0.2, 0) is 6.54 Å². The van der Waals surface area contributed by atoms with Gasteiger partial charge in [0.2, 0.25) is 5.88 Å². The summed E-state index contributed by atoms with van der Waals surface area (Å²) in [7, 11) is 0. The molecule has 1 unspecified atom stereocenters. The number of benzene rings is 2. The molecule has 186 valence electrons. The minimum absolute atomic E-state index is 0.397. The molecule has 7 nitrogen and oxygen atoms in total. The lowest BCUT2D eigenvalue weighted by molar-refractivity contribution is -0.00796. The standard InChI is InChI=1S/C29H32N4O3/c1-20(34)33-13-10-22(11-14-33)18-36-27-17-31-28(24-4-2-21(16-30)3-5-24)29(32-27)25-8-6-23(7-9-25)26-12-15-35-19-26/h2-9,12,15,17,19-20,22,34H,10-11,13-14,16,18,30H2,1H3. The zero-order valence-electron chi connectivity index (χ0n) is 20.5. The van der Waals surface area contributed by atoms with Gasteiger partial charge in [0.05, 0.1) is 31.0 Å². The molecule has 2 aromatic carbocycles. The highest BCUT2D eigenvalue weighted by Gasteiger charge is 2.22. The van der Waals surface area contributed by atoms with Crippen molar-refractivity contribution in [2.24, 2.45) is 11.7 Å². The fourth-order valence-corrected chi connectivity index (χ4v) is 4.60. The highest BCUT2D eigenvalue weighted by atomic mass is 16.5. The molecule has 0 amide bonds. The Hall–Kier alpha value is -3.52. The predicted octanol–water partition coefficient (Wildman–Crippen LogP) is 4.96. The maximum absolute atomic E-state index is 9.80. The van der Waals surface area contributed by atoms with E-state index in [1.54, 1.807) is 18.7 Å². The first-order valence-corrected chi connectivity index (χ1v) is 12.4. The van der Waals surface area contributed by atoms with Gasteiger partial charge in [0.1, 0.15) is 11.9 Å². The van der Waals surface area contributed by atoms with E-state index >= 15 is 0 Å². The van der Waals surface area contributed by atoms with Crippen molar-refractivity contribution in [1.29, 1.82) is 0 Å². The number of nitrogens with two attached hydrogens (primary N) is 1. The number of aliphatic hydroxyl groups excluding tert-OH is 1. The van der Waals surface area contributed by atoms with Crippen LogP contribution in [0.1, 0.15) is 25.3 Å². The number of aromatic nitrogens is 2. The Bertz CT molecular complexity index is 1250. The van der Waals surface area contributed by atoms with Gasteiger partial charge in [0.15, 0.2) is 0 Å². The molecule has 3 N–H and O–H groups in total. The van der Waals surface area contributed by atoms with Crippen molar-refractivity contribution >= 4 is 0 Å². The Labute approximate surface area is 211 Å². The van der Waals surface area contributed by atoms with Crippen LogP contribution < -0.4 is 10.5 Å². The fourth-order valence-electron chi connectivity index (χ4n) is 4.60. The van der Waals surface area contributed by atoms with Crippen molar-refractivity contribution in [3.05, 3.63) is 78.9 Å². The van der Waals surface area contributed by atoms with Gasteiger partial charge in [-0.3, -0.25) is 4.90 Å². The smallest absolute Gasteiger partial charge is 0.232 e. The van der Waals surface area contributed by atoms with E-state index in [0.29, 0.717) is 24.9 Å². The molecule has 36 heavy (non-hydrogen) atoms. The lowest BCUT2D eigenvalue weighted by atomic mass is 9.98. The zero-order chi connectivity index (χ0) is 24.9. The maximum Gasteiger partial charge on any atom is 0.232 e. The second-order valence-corrected chi connectivity index (χ2v) is 9.32. The summed E-state index contributed by atoms with van der Waals surface area (Å²) in [5.74, 6) is 0.951. The molecule has 1 atom stereocenters. The van der Waals surface area contributed by atoms with Gasteiger partial charge in [0, 0.05) is 36.3 Å². The van der Waals surface area contributed by atoms with E-state index < -0.39 is 6.23 Å². The summed E-state index contributed by atoms with van der Waals surface area (Å²) in [6.07, 6.45) is 6.71. The number of likely N-dealkylation sites (tertiary alicyclic amines) is 1. The first kappa shape index (κ1) is 24.2. The van der Waals surface area contributed by atoms with Gasteiger partial charge in [0.25, 0.3) is 0 Å². The summed E-state index contributed by atoms with van der Waals surface area (Å²) in [5, 5.41) is 9.80. The van der Waals surface area contributed by atoms with E-state index in [9.17, 15) is 5.11 Å². The van der Waals surface area contributed by atoms with Crippen LogP contribution in [0.3, 0.4) is 0 Å². The van der Waals surface area contributed by atoms with E-state index in [2.05, 4.69) is 29.2 Å². The summed E-state index contributed by atoms with van der Waals surface area (Å²) in [4.78, 5) is 11.8. The highest BCUT2D eigenvalue weighted by molar-refractivity contribution is 5.79. The normalized spacial score (nSPS) is 15.6. The molecular weight excluding hydrogens is 452 g/mol. The number of ether oxygens (including phenoxy) is 1. The zero-order valence-corrected chi connectivity index (χ0v) is 20.5. The second-order valence-electron chi connectivity index (χ2n) is 9.32. The average molecular weight is 485 g/mol. The van der Waals surface area contributed by atoms with Crippen molar-refractivity contribution in [3.63, 3.8) is 0 Å². The molecule has 0 aliphatic carbocycles. The summed E-state index contributed by atoms with van der Waals surface area (Å²) < 4.78 is 11.4. The molecule has 1 aliphatic heterocycles. The number of hydrogen-bond donors (Lipinski definition) is 2. The summed E-state index contributed by atoms with van der Waals surface area (Å²) in [5.41, 5.74) is 12.5. The van der Waals surface area contributed by atoms with Crippen molar-refractivity contribution < 1.29 is 14.3 Å². The number of furan rings is 1. The van der Waals surface area contributed by atoms with Crippen LogP contribution in [0.2, 0.25) is 0 Å². The van der Waals surface area contributed by atoms with Gasteiger partial charge in [-0.1, -0.05) is 48.5 Å². The minimum Gasteiger partial charge on any atom is -0.476 e. The number of aliphatic hydroxyl groups is 1. The molecule has 5 rings (SSSR count). The van der Waals surface area contributed by atoms with Crippen molar-refractivity contribution in [2.75, 3.05) is 19.7 Å². The van der Waals surface area contributed by atoms with Crippen LogP contribution in [0, 0.1) is 5.92 Å². The van der Waals surface area contributed by atoms with Gasteiger partial charge in [-0.25, -0.2) is 9.97 Å². The van der Waals surface area contributed by atoms with Crippen LogP contribution >= 0.6 is 0 Å². The second kappa shape index (κ2) is 11.0. The van der Waals surface area contributed by atoms with Gasteiger partial charge in [-0.2, -0.15) is 0 Å². The quantitative estimate of drug-likeness (QED) is 0.365. The minimum atomic E-state index is -0.397. The molecular formula is C29H32N4O3.